The van der Waals surface area contributed by atoms with Crippen LogP contribution in [0.25, 0.3) is 0 Å². The van der Waals surface area contributed by atoms with Crippen LogP contribution >= 0.6 is 11.3 Å². The summed E-state index contributed by atoms with van der Waals surface area (Å²) in [6.45, 7) is 1.39. The van der Waals surface area contributed by atoms with E-state index < -0.39 is 18.1 Å². The summed E-state index contributed by atoms with van der Waals surface area (Å²) in [6, 6.07) is 1.11. The zero-order valence-corrected chi connectivity index (χ0v) is 11.7. The number of amidine groups is 1. The van der Waals surface area contributed by atoms with Gasteiger partial charge >= 0.3 is 12.1 Å². The molecule has 1 rings (SSSR count). The van der Waals surface area contributed by atoms with E-state index in [-0.39, 0.29) is 12.4 Å². The Labute approximate surface area is 119 Å². The molecule has 0 aliphatic carbocycles. The number of amides is 1. The zero-order chi connectivity index (χ0) is 15.1. The summed E-state index contributed by atoms with van der Waals surface area (Å²) >= 11 is 1.28. The summed E-state index contributed by atoms with van der Waals surface area (Å²) in [5, 5.41) is 20.4. The van der Waals surface area contributed by atoms with Gasteiger partial charge in [0.05, 0.1) is 12.6 Å². The van der Waals surface area contributed by atoms with Crippen molar-refractivity contribution in [1.29, 1.82) is 5.41 Å². The van der Waals surface area contributed by atoms with Crippen LogP contribution in [-0.2, 0) is 14.4 Å². The largest absolute Gasteiger partial charge is 0.465 e. The van der Waals surface area contributed by atoms with E-state index in [9.17, 15) is 9.59 Å². The van der Waals surface area contributed by atoms with E-state index in [1.54, 1.807) is 11.4 Å². The van der Waals surface area contributed by atoms with Gasteiger partial charge in [-0.15, -0.1) is 11.3 Å². The first kappa shape index (κ1) is 15.9. The topological polar surface area (TPSA) is 121 Å². The lowest BCUT2D eigenvalue weighted by atomic mass is 10.2. The number of nitrogens with one attached hydrogen (secondary N) is 3. The van der Waals surface area contributed by atoms with E-state index in [4.69, 9.17) is 15.3 Å². The second-order valence-corrected chi connectivity index (χ2v) is 4.71. The predicted molar refractivity (Wildman–Crippen MR) is 71.8 cm³/mol. The molecule has 0 unspecified atom stereocenters. The molecule has 0 bridgehead atoms. The molecule has 1 heterocycles. The molecule has 0 saturated heterocycles. The molecule has 0 aromatic carbocycles. The van der Waals surface area contributed by atoms with Gasteiger partial charge in [0.25, 0.3) is 0 Å². The summed E-state index contributed by atoms with van der Waals surface area (Å²) in [4.78, 5) is 26.5. The van der Waals surface area contributed by atoms with E-state index in [0.29, 0.717) is 10.4 Å². The molecule has 9 heteroatoms. The molecular weight excluding hydrogens is 286 g/mol. The number of carbonyl (C=O) groups excluding carboxylic acids is 1. The number of methoxy groups -OCH3 is 1. The van der Waals surface area contributed by atoms with Crippen molar-refractivity contribution >= 4 is 29.2 Å². The number of hydrogen-bond donors (Lipinski definition) is 4. The fourth-order valence-electron chi connectivity index (χ4n) is 1.36. The van der Waals surface area contributed by atoms with E-state index in [1.807, 2.05) is 0 Å². The molecule has 0 radical (unpaired) electrons. The Morgan fingerprint density at radius 3 is 2.80 bits per heavy atom. The average Bonchev–Trinajstić information content (AvgIpc) is 2.84. The second-order valence-electron chi connectivity index (χ2n) is 3.77. The van der Waals surface area contributed by atoms with Crippen molar-refractivity contribution in [2.75, 3.05) is 13.7 Å². The highest BCUT2D eigenvalue weighted by atomic mass is 32.1. The van der Waals surface area contributed by atoms with Gasteiger partial charge in [-0.1, -0.05) is 0 Å². The lowest BCUT2D eigenvalue weighted by molar-refractivity contribution is -0.145. The molecule has 20 heavy (non-hydrogen) atoms. The number of ether oxygens (including phenoxy) is 1. The highest BCUT2D eigenvalue weighted by Crippen LogP contribution is 2.22. The molecule has 8 nitrogen and oxygen atoms in total. The van der Waals surface area contributed by atoms with Crippen LogP contribution in [-0.4, -0.2) is 36.7 Å². The van der Waals surface area contributed by atoms with Crippen LogP contribution in [0.2, 0.25) is 0 Å². The maximum absolute atomic E-state index is 10.7. The Kier molecular flexibility index (Phi) is 5.94. The SMILES string of the molecule is COC[C@@H](NC(=O)O)c1cc(C(=N)NOC(C)=O)cs1. The van der Waals surface area contributed by atoms with Crippen molar-refractivity contribution in [2.45, 2.75) is 13.0 Å². The number of thiophene rings is 1. The van der Waals surface area contributed by atoms with Gasteiger partial charge in [0.2, 0.25) is 0 Å². The van der Waals surface area contributed by atoms with Crippen molar-refractivity contribution in [3.05, 3.63) is 21.9 Å². The quantitative estimate of drug-likeness (QED) is 0.367. The Bertz CT molecular complexity index is 502. The molecule has 1 aromatic heterocycles. The van der Waals surface area contributed by atoms with Crippen LogP contribution in [0.1, 0.15) is 23.4 Å². The Balaban J connectivity index is 2.75. The van der Waals surface area contributed by atoms with E-state index >= 15 is 0 Å². The number of hydroxylamine groups is 1. The van der Waals surface area contributed by atoms with Crippen LogP contribution in [0, 0.1) is 5.41 Å². The molecule has 0 aliphatic heterocycles. The van der Waals surface area contributed by atoms with Gasteiger partial charge in [0, 0.05) is 29.9 Å². The fraction of sp³-hybridized carbons (Fsp3) is 0.364. The highest BCUT2D eigenvalue weighted by molar-refractivity contribution is 7.10. The van der Waals surface area contributed by atoms with Crippen LogP contribution < -0.4 is 10.8 Å². The number of rotatable bonds is 5. The summed E-state index contributed by atoms with van der Waals surface area (Å²) in [7, 11) is 1.47. The minimum Gasteiger partial charge on any atom is -0.465 e. The third-order valence-electron chi connectivity index (χ3n) is 2.18. The summed E-state index contributed by atoms with van der Waals surface area (Å²) in [5.41, 5.74) is 2.68. The monoisotopic (exact) mass is 301 g/mol. The second kappa shape index (κ2) is 7.46. The van der Waals surface area contributed by atoms with Gasteiger partial charge in [0.1, 0.15) is 0 Å². The molecular formula is C11H15N3O5S. The summed E-state index contributed by atoms with van der Waals surface area (Å²) in [5.74, 6) is -0.649. The Hall–Kier alpha value is -2.13. The number of hydrogen-bond acceptors (Lipinski definition) is 6. The third-order valence-corrected chi connectivity index (χ3v) is 3.23. The van der Waals surface area contributed by atoms with Gasteiger partial charge in [-0.05, 0) is 6.07 Å². The minimum absolute atomic E-state index is 0.0887. The van der Waals surface area contributed by atoms with Gasteiger partial charge in [0.15, 0.2) is 5.84 Å². The highest BCUT2D eigenvalue weighted by Gasteiger charge is 2.17. The van der Waals surface area contributed by atoms with E-state index in [2.05, 4.69) is 15.6 Å². The average molecular weight is 301 g/mol. The van der Waals surface area contributed by atoms with Gasteiger partial charge in [-0.3, -0.25) is 10.2 Å². The zero-order valence-electron chi connectivity index (χ0n) is 10.9. The number of carboxylic acid groups (broad SMARTS) is 1. The van der Waals surface area contributed by atoms with Gasteiger partial charge < -0.3 is 20.0 Å². The van der Waals surface area contributed by atoms with Crippen molar-refractivity contribution in [2.24, 2.45) is 0 Å². The van der Waals surface area contributed by atoms with Crippen molar-refractivity contribution in [3.63, 3.8) is 0 Å². The van der Waals surface area contributed by atoms with Crippen LogP contribution in [0.3, 0.4) is 0 Å². The lowest BCUT2D eigenvalue weighted by Crippen LogP contribution is -2.29. The van der Waals surface area contributed by atoms with Gasteiger partial charge in [-0.2, -0.15) is 0 Å². The van der Waals surface area contributed by atoms with Crippen LogP contribution in [0.15, 0.2) is 11.4 Å². The maximum Gasteiger partial charge on any atom is 0.405 e. The summed E-state index contributed by atoms with van der Waals surface area (Å²) in [6.07, 6.45) is -1.16. The third kappa shape index (κ3) is 4.86. The normalized spacial score (nSPS) is 11.5. The molecule has 0 saturated carbocycles. The molecule has 1 aromatic rings. The molecule has 110 valence electrons. The number of carbonyl (C=O) groups is 2. The Morgan fingerprint density at radius 1 is 1.55 bits per heavy atom. The lowest BCUT2D eigenvalue weighted by Gasteiger charge is -2.13. The maximum atomic E-state index is 10.7. The minimum atomic E-state index is -1.16. The smallest absolute Gasteiger partial charge is 0.405 e. The first-order chi connectivity index (χ1) is 9.43. The van der Waals surface area contributed by atoms with Gasteiger partial charge in [-0.25, -0.2) is 10.3 Å². The predicted octanol–water partition coefficient (Wildman–Crippen LogP) is 1.10. The molecule has 1 amide bonds. The molecule has 0 fully saturated rings. The van der Waals surface area contributed by atoms with Crippen molar-refractivity contribution in [1.82, 2.24) is 10.8 Å². The standard InChI is InChI=1S/C11H15N3O5S/c1-6(15)19-14-10(12)7-3-9(20-5-7)8(4-18-2)13-11(16)17/h3,5,8,13H,4H2,1-2H3,(H2,12,14)(H,16,17)/t8-/m1/s1. The molecule has 1 atom stereocenters. The van der Waals surface area contributed by atoms with Crippen molar-refractivity contribution < 1.29 is 24.3 Å². The Morgan fingerprint density at radius 2 is 2.25 bits per heavy atom. The first-order valence-corrected chi connectivity index (χ1v) is 6.41. The van der Waals surface area contributed by atoms with Crippen molar-refractivity contribution in [3.8, 4) is 0 Å². The van der Waals surface area contributed by atoms with E-state index in [1.165, 1.54) is 25.4 Å². The van der Waals surface area contributed by atoms with E-state index in [0.717, 1.165) is 0 Å². The van der Waals surface area contributed by atoms with Crippen LogP contribution in [0.4, 0.5) is 4.79 Å². The first-order valence-electron chi connectivity index (χ1n) is 5.53. The summed E-state index contributed by atoms with van der Waals surface area (Å²) < 4.78 is 4.95. The molecule has 0 spiro atoms. The van der Waals surface area contributed by atoms with Crippen LogP contribution in [0.5, 0.6) is 0 Å². The molecule has 4 N–H and O–H groups in total. The fourth-order valence-corrected chi connectivity index (χ4v) is 2.29. The molecule has 0 aliphatic rings.